The molecular formula is C26H30FN5O4. The summed E-state index contributed by atoms with van der Waals surface area (Å²) >= 11 is 0. The summed E-state index contributed by atoms with van der Waals surface area (Å²) in [4.78, 5) is 39.0. The lowest BCUT2D eigenvalue weighted by molar-refractivity contribution is -0.140. The molecule has 0 radical (unpaired) electrons. The van der Waals surface area contributed by atoms with Gasteiger partial charge in [0.15, 0.2) is 0 Å². The normalized spacial score (nSPS) is 17.3. The molecule has 3 aromatic rings. The van der Waals surface area contributed by atoms with E-state index in [0.717, 1.165) is 12.8 Å². The molecule has 1 aliphatic heterocycles. The second kappa shape index (κ2) is 9.85. The van der Waals surface area contributed by atoms with E-state index in [-0.39, 0.29) is 17.9 Å². The molecule has 0 bridgehead atoms. The number of fused-ring (bicyclic) bond motifs is 1. The molecule has 10 heteroatoms. The molecule has 2 fully saturated rings. The summed E-state index contributed by atoms with van der Waals surface area (Å²) in [5, 5.41) is 12.6. The number of aliphatic hydroxyl groups excluding tert-OH is 1. The van der Waals surface area contributed by atoms with E-state index in [1.807, 2.05) is 0 Å². The van der Waals surface area contributed by atoms with E-state index in [9.17, 15) is 19.1 Å². The van der Waals surface area contributed by atoms with Crippen LogP contribution in [-0.4, -0.2) is 68.6 Å². The predicted molar refractivity (Wildman–Crippen MR) is 131 cm³/mol. The molecule has 0 spiro atoms. The molecule has 2 amide bonds. The van der Waals surface area contributed by atoms with Crippen molar-refractivity contribution < 1.29 is 23.8 Å². The van der Waals surface area contributed by atoms with Crippen LogP contribution in [0.4, 0.5) is 4.39 Å². The first-order chi connectivity index (χ1) is 17.3. The summed E-state index contributed by atoms with van der Waals surface area (Å²) in [6, 6.07) is 4.27. The SMILES string of the molecule is Cc1[nH]c2c(-c3ccc(F)cc3OCC3CC3)ncnc2c1C(=O)NC1CCN(C(=O)[C@H](C)O)CC1. The topological polar surface area (TPSA) is 120 Å². The molecule has 190 valence electrons. The van der Waals surface area contributed by atoms with Gasteiger partial charge in [0, 0.05) is 36.5 Å². The number of hydrogen-bond donors (Lipinski definition) is 3. The first-order valence-electron chi connectivity index (χ1n) is 12.4. The van der Waals surface area contributed by atoms with Crippen LogP contribution in [-0.2, 0) is 4.79 Å². The summed E-state index contributed by atoms with van der Waals surface area (Å²) in [6.45, 7) is 4.74. The fourth-order valence-electron chi connectivity index (χ4n) is 4.67. The van der Waals surface area contributed by atoms with E-state index >= 15 is 0 Å². The lowest BCUT2D eigenvalue weighted by Crippen LogP contribution is -2.48. The largest absolute Gasteiger partial charge is 0.492 e. The summed E-state index contributed by atoms with van der Waals surface area (Å²) in [7, 11) is 0. The van der Waals surface area contributed by atoms with Gasteiger partial charge in [-0.2, -0.15) is 0 Å². The Morgan fingerprint density at radius 2 is 2.00 bits per heavy atom. The van der Waals surface area contributed by atoms with E-state index in [0.29, 0.717) is 77.8 Å². The number of aromatic nitrogens is 3. The highest BCUT2D eigenvalue weighted by molar-refractivity contribution is 6.09. The van der Waals surface area contributed by atoms with Crippen LogP contribution in [0, 0.1) is 18.7 Å². The molecule has 2 aliphatic rings. The quantitative estimate of drug-likeness (QED) is 0.464. The minimum absolute atomic E-state index is 0.0965. The van der Waals surface area contributed by atoms with E-state index in [4.69, 9.17) is 4.74 Å². The number of H-pyrrole nitrogens is 1. The molecule has 36 heavy (non-hydrogen) atoms. The summed E-state index contributed by atoms with van der Waals surface area (Å²) < 4.78 is 19.9. The number of nitrogens with one attached hydrogen (secondary N) is 2. The minimum atomic E-state index is -1.03. The summed E-state index contributed by atoms with van der Waals surface area (Å²) in [6.07, 6.45) is 3.81. The average molecular weight is 496 g/mol. The number of halogens is 1. The van der Waals surface area contributed by atoms with Gasteiger partial charge in [-0.3, -0.25) is 9.59 Å². The van der Waals surface area contributed by atoms with Crippen molar-refractivity contribution in [3.05, 3.63) is 41.6 Å². The molecule has 1 saturated carbocycles. The Labute approximate surface area is 208 Å². The molecule has 3 N–H and O–H groups in total. The smallest absolute Gasteiger partial charge is 0.255 e. The Bertz CT molecular complexity index is 1290. The van der Waals surface area contributed by atoms with Gasteiger partial charge < -0.3 is 25.0 Å². The third kappa shape index (κ3) is 4.90. The zero-order valence-corrected chi connectivity index (χ0v) is 20.4. The molecule has 9 nitrogen and oxygen atoms in total. The standard InChI is InChI=1S/C26H30FN5O4/c1-14-21(25(34)31-18-7-9-32(10-8-18)26(35)15(2)33)23-24(30-14)22(28-13-29-23)19-6-5-17(27)11-20(19)36-12-16-3-4-16/h5-6,11,13,15-16,18,30,33H,3-4,7-10,12H2,1-2H3,(H,31,34)/t15-/m0/s1. The Balaban J connectivity index is 1.38. The molecule has 1 atom stereocenters. The van der Waals surface area contributed by atoms with Crippen molar-refractivity contribution in [2.24, 2.45) is 5.92 Å². The van der Waals surface area contributed by atoms with E-state index < -0.39 is 11.9 Å². The number of carbonyl (C=O) groups excluding carboxylic acids is 2. The highest BCUT2D eigenvalue weighted by Crippen LogP contribution is 2.36. The predicted octanol–water partition coefficient (Wildman–Crippen LogP) is 2.96. The molecule has 2 aromatic heterocycles. The first kappa shape index (κ1) is 24.2. The van der Waals surface area contributed by atoms with Gasteiger partial charge >= 0.3 is 0 Å². The van der Waals surface area contributed by atoms with Crippen molar-refractivity contribution >= 4 is 22.8 Å². The maximum Gasteiger partial charge on any atom is 0.255 e. The van der Waals surface area contributed by atoms with Gasteiger partial charge in [-0.25, -0.2) is 14.4 Å². The molecule has 0 unspecified atom stereocenters. The number of amides is 2. The number of piperidine rings is 1. The number of benzene rings is 1. The van der Waals surface area contributed by atoms with Crippen LogP contribution in [0.25, 0.3) is 22.3 Å². The van der Waals surface area contributed by atoms with Crippen molar-refractivity contribution in [3.8, 4) is 17.0 Å². The average Bonchev–Trinajstić information content (AvgIpc) is 3.62. The number of ether oxygens (including phenoxy) is 1. The van der Waals surface area contributed by atoms with E-state index in [2.05, 4.69) is 20.3 Å². The third-order valence-corrected chi connectivity index (χ3v) is 6.87. The number of rotatable bonds is 7. The number of nitrogens with zero attached hydrogens (tertiary/aromatic N) is 3. The molecule has 3 heterocycles. The van der Waals surface area contributed by atoms with Crippen LogP contribution in [0.2, 0.25) is 0 Å². The van der Waals surface area contributed by atoms with Gasteiger partial charge in [-0.15, -0.1) is 0 Å². The van der Waals surface area contributed by atoms with Crippen LogP contribution in [0.1, 0.15) is 48.7 Å². The number of carbonyl (C=O) groups is 2. The maximum atomic E-state index is 14.0. The van der Waals surface area contributed by atoms with Crippen LogP contribution < -0.4 is 10.1 Å². The van der Waals surface area contributed by atoms with Gasteiger partial charge in [0.05, 0.1) is 17.7 Å². The monoisotopic (exact) mass is 495 g/mol. The van der Waals surface area contributed by atoms with Gasteiger partial charge in [-0.05, 0) is 57.6 Å². The maximum absolute atomic E-state index is 14.0. The van der Waals surface area contributed by atoms with Crippen LogP contribution in [0.5, 0.6) is 5.75 Å². The van der Waals surface area contributed by atoms with Gasteiger partial charge in [0.25, 0.3) is 11.8 Å². The van der Waals surface area contributed by atoms with Crippen LogP contribution in [0.3, 0.4) is 0 Å². The van der Waals surface area contributed by atoms with Crippen LogP contribution >= 0.6 is 0 Å². The lowest BCUT2D eigenvalue weighted by Gasteiger charge is -2.33. The van der Waals surface area contributed by atoms with E-state index in [1.54, 1.807) is 17.9 Å². The van der Waals surface area contributed by atoms with Gasteiger partial charge in [0.1, 0.15) is 35.2 Å². The van der Waals surface area contributed by atoms with Crippen molar-refractivity contribution in [2.75, 3.05) is 19.7 Å². The zero-order valence-electron chi connectivity index (χ0n) is 20.4. The van der Waals surface area contributed by atoms with Gasteiger partial charge in [-0.1, -0.05) is 0 Å². The van der Waals surface area contributed by atoms with Crippen molar-refractivity contribution in [2.45, 2.75) is 51.7 Å². The van der Waals surface area contributed by atoms with Crippen molar-refractivity contribution in [1.29, 1.82) is 0 Å². The number of aromatic amines is 1. The van der Waals surface area contributed by atoms with Gasteiger partial charge in [0.2, 0.25) is 0 Å². The highest BCUT2D eigenvalue weighted by atomic mass is 19.1. The Morgan fingerprint density at radius 3 is 2.69 bits per heavy atom. The Morgan fingerprint density at radius 1 is 1.25 bits per heavy atom. The number of aliphatic hydroxyl groups is 1. The fraction of sp³-hybridized carbons (Fsp3) is 0.462. The molecule has 5 rings (SSSR count). The lowest BCUT2D eigenvalue weighted by atomic mass is 10.0. The van der Waals surface area contributed by atoms with Crippen molar-refractivity contribution in [3.63, 3.8) is 0 Å². The van der Waals surface area contributed by atoms with Crippen LogP contribution in [0.15, 0.2) is 24.5 Å². The Hall–Kier alpha value is -3.53. The molecule has 1 aromatic carbocycles. The number of hydrogen-bond acceptors (Lipinski definition) is 6. The number of likely N-dealkylation sites (tertiary alicyclic amines) is 1. The second-order valence-electron chi connectivity index (χ2n) is 9.71. The molecule has 1 aliphatic carbocycles. The van der Waals surface area contributed by atoms with E-state index in [1.165, 1.54) is 25.4 Å². The number of aryl methyl sites for hydroxylation is 1. The third-order valence-electron chi connectivity index (χ3n) is 6.87. The minimum Gasteiger partial charge on any atom is -0.492 e. The fourth-order valence-corrected chi connectivity index (χ4v) is 4.67. The molecular weight excluding hydrogens is 465 g/mol. The zero-order chi connectivity index (χ0) is 25.4. The second-order valence-corrected chi connectivity index (χ2v) is 9.71. The summed E-state index contributed by atoms with van der Waals surface area (Å²) in [5.41, 5.74) is 3.31. The van der Waals surface area contributed by atoms with Crippen molar-refractivity contribution in [1.82, 2.24) is 25.2 Å². The summed E-state index contributed by atoms with van der Waals surface area (Å²) in [5.74, 6) is -0.0187. The first-order valence-corrected chi connectivity index (χ1v) is 12.4. The molecule has 1 saturated heterocycles. The highest BCUT2D eigenvalue weighted by Gasteiger charge is 2.28. The Kier molecular flexibility index (Phi) is 6.61.